The molecule has 1 atom stereocenters. The lowest BCUT2D eigenvalue weighted by Gasteiger charge is -2.39. The van der Waals surface area contributed by atoms with Gasteiger partial charge in [0.1, 0.15) is 0 Å². The highest BCUT2D eigenvalue weighted by molar-refractivity contribution is 7.22. The number of carbonyl (C=O) groups is 3. The number of piperazine rings is 1. The lowest BCUT2D eigenvalue weighted by atomic mass is 10.1. The minimum atomic E-state index is -0.576. The Hall–Kier alpha value is -3.26. The average molecular weight is 408 g/mol. The lowest BCUT2D eigenvalue weighted by molar-refractivity contribution is -0.130. The summed E-state index contributed by atoms with van der Waals surface area (Å²) in [7, 11) is 0. The molecule has 2 heterocycles. The highest BCUT2D eigenvalue weighted by Crippen LogP contribution is 2.25. The second-order valence-corrected chi connectivity index (χ2v) is 8.09. The molecule has 2 aromatic carbocycles. The molecule has 4 rings (SSSR count). The van der Waals surface area contributed by atoms with E-state index in [0.29, 0.717) is 41.4 Å². The molecule has 0 bridgehead atoms. The molecule has 0 spiro atoms. The molecule has 1 aliphatic rings. The summed E-state index contributed by atoms with van der Waals surface area (Å²) in [6.07, 6.45) is 0. The van der Waals surface area contributed by atoms with Crippen LogP contribution >= 0.6 is 11.3 Å². The number of rotatable bonds is 3. The van der Waals surface area contributed by atoms with Crippen molar-refractivity contribution >= 4 is 44.3 Å². The first-order valence-corrected chi connectivity index (χ1v) is 10.1. The maximum Gasteiger partial charge on any atom is 0.295 e. The minimum absolute atomic E-state index is 0.0672. The van der Waals surface area contributed by atoms with Crippen LogP contribution in [0.15, 0.2) is 48.5 Å². The minimum Gasteiger partial charge on any atom is -0.375 e. The summed E-state index contributed by atoms with van der Waals surface area (Å²) in [6, 6.07) is 13.8. The van der Waals surface area contributed by atoms with E-state index in [1.807, 2.05) is 25.1 Å². The van der Waals surface area contributed by atoms with Gasteiger partial charge in [0.05, 0.1) is 10.2 Å². The second-order valence-electron chi connectivity index (χ2n) is 7.03. The lowest BCUT2D eigenvalue weighted by Crippen LogP contribution is -2.56. The van der Waals surface area contributed by atoms with Gasteiger partial charge in [0, 0.05) is 36.8 Å². The molecule has 2 N–H and O–H groups in total. The Labute approximate surface area is 171 Å². The molecule has 3 aromatic rings. The van der Waals surface area contributed by atoms with Gasteiger partial charge >= 0.3 is 0 Å². The molecule has 0 radical (unpaired) electrons. The maximum atomic E-state index is 12.8. The van der Waals surface area contributed by atoms with Crippen molar-refractivity contribution in [1.82, 2.24) is 14.8 Å². The number of carbonyl (C=O) groups excluding carboxylic acids is 3. The highest BCUT2D eigenvalue weighted by Gasteiger charge is 2.33. The number of Topliss-reactive ketones (excluding diaryl/α,β-unsaturated/α-hetero) is 1. The molecule has 2 amide bonds. The van der Waals surface area contributed by atoms with E-state index < -0.39 is 11.7 Å². The summed E-state index contributed by atoms with van der Waals surface area (Å²) >= 11 is 1.33. The number of benzene rings is 2. The number of ketones is 1. The van der Waals surface area contributed by atoms with Gasteiger partial charge in [0.25, 0.3) is 11.8 Å². The first kappa shape index (κ1) is 19.1. The van der Waals surface area contributed by atoms with Crippen molar-refractivity contribution in [1.29, 1.82) is 0 Å². The molecule has 1 fully saturated rings. The van der Waals surface area contributed by atoms with E-state index in [-0.39, 0.29) is 11.9 Å². The van der Waals surface area contributed by atoms with Crippen LogP contribution in [0.5, 0.6) is 0 Å². The van der Waals surface area contributed by atoms with Crippen molar-refractivity contribution < 1.29 is 14.4 Å². The zero-order valence-electron chi connectivity index (χ0n) is 15.9. The van der Waals surface area contributed by atoms with Gasteiger partial charge < -0.3 is 15.5 Å². The van der Waals surface area contributed by atoms with Gasteiger partial charge in [-0.1, -0.05) is 29.5 Å². The zero-order chi connectivity index (χ0) is 20.5. The van der Waals surface area contributed by atoms with Crippen molar-refractivity contribution in [3.8, 4) is 0 Å². The van der Waals surface area contributed by atoms with Gasteiger partial charge in [0.15, 0.2) is 5.13 Å². The number of nitrogens with two attached hydrogens (primary N) is 1. The Morgan fingerprint density at radius 2 is 1.83 bits per heavy atom. The van der Waals surface area contributed by atoms with Gasteiger partial charge in [0.2, 0.25) is 5.78 Å². The largest absolute Gasteiger partial charge is 0.375 e. The van der Waals surface area contributed by atoms with Crippen LogP contribution in [0.3, 0.4) is 0 Å². The molecule has 29 heavy (non-hydrogen) atoms. The Balaban J connectivity index is 1.46. The number of amides is 2. The molecular weight excluding hydrogens is 388 g/mol. The smallest absolute Gasteiger partial charge is 0.295 e. The summed E-state index contributed by atoms with van der Waals surface area (Å²) < 4.78 is 0.868. The third-order valence-corrected chi connectivity index (χ3v) is 5.92. The number of hydrogen-bond donors (Lipinski definition) is 1. The Kier molecular flexibility index (Phi) is 5.02. The first-order chi connectivity index (χ1) is 13.9. The van der Waals surface area contributed by atoms with E-state index in [9.17, 15) is 14.4 Å². The van der Waals surface area contributed by atoms with Gasteiger partial charge in [-0.3, -0.25) is 14.4 Å². The number of fused-ring (bicyclic) bond motifs is 1. The van der Waals surface area contributed by atoms with Gasteiger partial charge in [-0.05, 0) is 37.3 Å². The Morgan fingerprint density at radius 3 is 2.55 bits per heavy atom. The summed E-state index contributed by atoms with van der Waals surface area (Å²) in [4.78, 5) is 45.7. The monoisotopic (exact) mass is 408 g/mol. The van der Waals surface area contributed by atoms with Crippen LogP contribution in [0.4, 0.5) is 5.13 Å². The van der Waals surface area contributed by atoms with E-state index in [1.165, 1.54) is 16.2 Å². The summed E-state index contributed by atoms with van der Waals surface area (Å²) in [5, 5.41) is 0.420. The predicted molar refractivity (Wildman–Crippen MR) is 112 cm³/mol. The highest BCUT2D eigenvalue weighted by atomic mass is 32.1. The fourth-order valence-electron chi connectivity index (χ4n) is 3.55. The number of nitrogens with zero attached hydrogens (tertiary/aromatic N) is 3. The third kappa shape index (κ3) is 3.71. The first-order valence-electron chi connectivity index (χ1n) is 9.29. The SMILES string of the molecule is CC1CN(C(=O)c2ccccc2)CCN1C(=O)C(=O)c1ccc2sc(N)nc2c1. The van der Waals surface area contributed by atoms with E-state index in [1.54, 1.807) is 35.2 Å². The molecule has 148 valence electrons. The standard InChI is InChI=1S/C21H20N4O3S/c1-13-12-24(19(27)14-5-3-2-4-6-14)9-10-25(13)20(28)18(26)15-7-8-17-16(11-15)23-21(22)29-17/h2-8,11,13H,9-10,12H2,1H3,(H2,22,23). The van der Waals surface area contributed by atoms with Crippen LogP contribution in [0, 0.1) is 0 Å². The van der Waals surface area contributed by atoms with Crippen LogP contribution in [0.1, 0.15) is 27.6 Å². The zero-order valence-corrected chi connectivity index (χ0v) is 16.7. The van der Waals surface area contributed by atoms with Crippen LogP contribution in [-0.2, 0) is 4.79 Å². The molecule has 7 nitrogen and oxygen atoms in total. The van der Waals surface area contributed by atoms with E-state index >= 15 is 0 Å². The van der Waals surface area contributed by atoms with Crippen molar-refractivity contribution in [2.24, 2.45) is 0 Å². The molecular formula is C21H20N4O3S. The van der Waals surface area contributed by atoms with Crippen LogP contribution in [-0.4, -0.2) is 58.1 Å². The van der Waals surface area contributed by atoms with E-state index in [2.05, 4.69) is 4.98 Å². The van der Waals surface area contributed by atoms with Gasteiger partial charge in [-0.25, -0.2) is 4.98 Å². The Morgan fingerprint density at radius 1 is 1.07 bits per heavy atom. The quantitative estimate of drug-likeness (QED) is 0.530. The predicted octanol–water partition coefficient (Wildman–Crippen LogP) is 2.43. The molecule has 8 heteroatoms. The topological polar surface area (TPSA) is 96.6 Å². The van der Waals surface area contributed by atoms with E-state index in [4.69, 9.17) is 5.73 Å². The second kappa shape index (κ2) is 7.63. The molecule has 1 unspecified atom stereocenters. The number of thiazole rings is 1. The fourth-order valence-corrected chi connectivity index (χ4v) is 4.26. The number of nitrogen functional groups attached to an aromatic ring is 1. The van der Waals surface area contributed by atoms with Crippen molar-refractivity contribution in [3.05, 3.63) is 59.7 Å². The Bertz CT molecular complexity index is 1100. The van der Waals surface area contributed by atoms with Gasteiger partial charge in [-0.15, -0.1) is 0 Å². The van der Waals surface area contributed by atoms with Gasteiger partial charge in [-0.2, -0.15) is 0 Å². The fraction of sp³-hybridized carbons (Fsp3) is 0.238. The summed E-state index contributed by atoms with van der Waals surface area (Å²) in [5.74, 6) is -1.21. The molecule has 0 aliphatic carbocycles. The van der Waals surface area contributed by atoms with Crippen molar-refractivity contribution in [2.75, 3.05) is 25.4 Å². The molecule has 1 aromatic heterocycles. The number of anilines is 1. The third-order valence-electron chi connectivity index (χ3n) is 5.06. The number of hydrogen-bond acceptors (Lipinski definition) is 6. The van der Waals surface area contributed by atoms with Crippen LogP contribution in [0.25, 0.3) is 10.2 Å². The maximum absolute atomic E-state index is 12.8. The summed E-state index contributed by atoms with van der Waals surface area (Å²) in [6.45, 7) is 2.93. The molecule has 1 aliphatic heterocycles. The van der Waals surface area contributed by atoms with Crippen LogP contribution < -0.4 is 5.73 Å². The number of aromatic nitrogens is 1. The van der Waals surface area contributed by atoms with Crippen LogP contribution in [0.2, 0.25) is 0 Å². The molecule has 1 saturated heterocycles. The normalized spacial score (nSPS) is 16.8. The van der Waals surface area contributed by atoms with Crippen molar-refractivity contribution in [2.45, 2.75) is 13.0 Å². The van der Waals surface area contributed by atoms with Crippen molar-refractivity contribution in [3.63, 3.8) is 0 Å². The van der Waals surface area contributed by atoms with E-state index in [0.717, 1.165) is 4.70 Å². The molecule has 0 saturated carbocycles. The average Bonchev–Trinajstić information content (AvgIpc) is 3.12. The summed E-state index contributed by atoms with van der Waals surface area (Å²) in [5.41, 5.74) is 7.23.